The fraction of sp³-hybridized carbons (Fsp3) is 0.833. The zero-order chi connectivity index (χ0) is 10.7. The summed E-state index contributed by atoms with van der Waals surface area (Å²) in [7, 11) is 0. The van der Waals surface area contributed by atoms with E-state index in [0.717, 1.165) is 45.7 Å². The van der Waals surface area contributed by atoms with Crippen molar-refractivity contribution < 1.29 is 9.47 Å². The first kappa shape index (κ1) is 11.1. The number of likely N-dealkylation sites (tertiary alicyclic amines) is 1. The van der Waals surface area contributed by atoms with Crippen molar-refractivity contribution in [3.05, 3.63) is 11.6 Å². The molecule has 0 aromatic carbocycles. The van der Waals surface area contributed by atoms with Gasteiger partial charge in [0.1, 0.15) is 0 Å². The lowest BCUT2D eigenvalue weighted by molar-refractivity contribution is -0.184. The van der Waals surface area contributed by atoms with Gasteiger partial charge in [-0.3, -0.25) is 4.90 Å². The van der Waals surface area contributed by atoms with Crippen molar-refractivity contribution in [1.29, 1.82) is 0 Å². The molecule has 0 aromatic rings. The van der Waals surface area contributed by atoms with Gasteiger partial charge in [-0.15, -0.1) is 0 Å². The molecule has 0 bridgehead atoms. The molecule has 86 valence electrons. The Kier molecular flexibility index (Phi) is 3.44. The summed E-state index contributed by atoms with van der Waals surface area (Å²) in [5, 5.41) is 0. The number of rotatable bonds is 2. The second-order valence-electron chi connectivity index (χ2n) is 4.69. The molecule has 0 radical (unpaired) electrons. The Labute approximate surface area is 92.0 Å². The Morgan fingerprint density at radius 3 is 2.33 bits per heavy atom. The Hall–Kier alpha value is -0.380. The molecule has 0 amide bonds. The van der Waals surface area contributed by atoms with Gasteiger partial charge in [-0.05, 0) is 13.8 Å². The second kappa shape index (κ2) is 4.64. The number of hydrogen-bond acceptors (Lipinski definition) is 3. The maximum atomic E-state index is 5.69. The lowest BCUT2D eigenvalue weighted by Gasteiger charge is -2.37. The van der Waals surface area contributed by atoms with Gasteiger partial charge in [-0.25, -0.2) is 0 Å². The SMILES string of the molecule is CC(C)=CCN1CCC2(CC1)OCCO2. The van der Waals surface area contributed by atoms with Gasteiger partial charge in [-0.2, -0.15) is 0 Å². The molecule has 0 saturated carbocycles. The molecule has 15 heavy (non-hydrogen) atoms. The highest BCUT2D eigenvalue weighted by atomic mass is 16.7. The van der Waals surface area contributed by atoms with Crippen LogP contribution in [0.2, 0.25) is 0 Å². The minimum Gasteiger partial charge on any atom is -0.347 e. The number of nitrogens with zero attached hydrogens (tertiary/aromatic N) is 1. The molecule has 0 N–H and O–H groups in total. The molecule has 0 unspecified atom stereocenters. The zero-order valence-electron chi connectivity index (χ0n) is 9.79. The van der Waals surface area contributed by atoms with Gasteiger partial charge in [-0.1, -0.05) is 11.6 Å². The molecule has 0 aromatic heterocycles. The molecule has 0 aliphatic carbocycles. The van der Waals surface area contributed by atoms with Crippen LogP contribution in [0.15, 0.2) is 11.6 Å². The highest BCUT2D eigenvalue weighted by molar-refractivity contribution is 4.96. The van der Waals surface area contributed by atoms with Crippen molar-refractivity contribution in [2.24, 2.45) is 0 Å². The average molecular weight is 211 g/mol. The van der Waals surface area contributed by atoms with E-state index >= 15 is 0 Å². The number of piperidine rings is 1. The van der Waals surface area contributed by atoms with Gasteiger partial charge in [0.2, 0.25) is 0 Å². The minimum absolute atomic E-state index is 0.221. The molecule has 2 aliphatic heterocycles. The predicted octanol–water partition coefficient (Wildman–Crippen LogP) is 1.79. The van der Waals surface area contributed by atoms with Gasteiger partial charge in [0.05, 0.1) is 13.2 Å². The summed E-state index contributed by atoms with van der Waals surface area (Å²) < 4.78 is 11.4. The topological polar surface area (TPSA) is 21.7 Å². The number of allylic oxidation sites excluding steroid dienone is 1. The van der Waals surface area contributed by atoms with Crippen LogP contribution in [0.3, 0.4) is 0 Å². The van der Waals surface area contributed by atoms with E-state index in [1.54, 1.807) is 0 Å². The molecule has 1 spiro atoms. The molecule has 2 heterocycles. The Bertz CT molecular complexity index is 230. The first-order chi connectivity index (χ1) is 7.20. The van der Waals surface area contributed by atoms with Crippen LogP contribution in [0.25, 0.3) is 0 Å². The van der Waals surface area contributed by atoms with E-state index in [2.05, 4.69) is 24.8 Å². The maximum absolute atomic E-state index is 5.69. The van der Waals surface area contributed by atoms with Gasteiger partial charge in [0.15, 0.2) is 5.79 Å². The molecular weight excluding hydrogens is 190 g/mol. The first-order valence-electron chi connectivity index (χ1n) is 5.84. The standard InChI is InChI=1S/C12H21NO2/c1-11(2)3-6-13-7-4-12(5-8-13)14-9-10-15-12/h3H,4-10H2,1-2H3. The maximum Gasteiger partial charge on any atom is 0.170 e. The summed E-state index contributed by atoms with van der Waals surface area (Å²) in [6, 6.07) is 0. The summed E-state index contributed by atoms with van der Waals surface area (Å²) in [5.74, 6) is -0.221. The first-order valence-corrected chi connectivity index (χ1v) is 5.84. The van der Waals surface area contributed by atoms with Gasteiger partial charge >= 0.3 is 0 Å². The van der Waals surface area contributed by atoms with Crippen LogP contribution in [0, 0.1) is 0 Å². The Morgan fingerprint density at radius 2 is 1.80 bits per heavy atom. The molecule has 2 rings (SSSR count). The van der Waals surface area contributed by atoms with Gasteiger partial charge in [0.25, 0.3) is 0 Å². The normalized spacial score (nSPS) is 25.7. The van der Waals surface area contributed by atoms with E-state index < -0.39 is 0 Å². The highest BCUT2D eigenvalue weighted by Gasteiger charge is 2.39. The monoisotopic (exact) mass is 211 g/mol. The number of ether oxygens (including phenoxy) is 2. The molecule has 2 fully saturated rings. The predicted molar refractivity (Wildman–Crippen MR) is 59.7 cm³/mol. The molecule has 3 heteroatoms. The average Bonchev–Trinajstić information content (AvgIpc) is 2.66. The van der Waals surface area contributed by atoms with Gasteiger partial charge < -0.3 is 9.47 Å². The molecule has 0 atom stereocenters. The van der Waals surface area contributed by atoms with E-state index in [1.807, 2.05) is 0 Å². The van der Waals surface area contributed by atoms with Crippen LogP contribution in [-0.2, 0) is 9.47 Å². The van der Waals surface area contributed by atoms with Crippen LogP contribution < -0.4 is 0 Å². The highest BCUT2D eigenvalue weighted by Crippen LogP contribution is 2.30. The zero-order valence-corrected chi connectivity index (χ0v) is 9.79. The molecule has 3 nitrogen and oxygen atoms in total. The van der Waals surface area contributed by atoms with E-state index in [0.29, 0.717) is 0 Å². The second-order valence-corrected chi connectivity index (χ2v) is 4.69. The van der Waals surface area contributed by atoms with E-state index in [-0.39, 0.29) is 5.79 Å². The van der Waals surface area contributed by atoms with Crippen LogP contribution in [-0.4, -0.2) is 43.5 Å². The van der Waals surface area contributed by atoms with Crippen LogP contribution in [0.4, 0.5) is 0 Å². The van der Waals surface area contributed by atoms with Crippen LogP contribution >= 0.6 is 0 Å². The van der Waals surface area contributed by atoms with E-state index in [4.69, 9.17) is 9.47 Å². The third kappa shape index (κ3) is 2.80. The lowest BCUT2D eigenvalue weighted by atomic mass is 10.0. The third-order valence-corrected chi connectivity index (χ3v) is 3.19. The summed E-state index contributed by atoms with van der Waals surface area (Å²) >= 11 is 0. The minimum atomic E-state index is -0.221. The van der Waals surface area contributed by atoms with Crippen molar-refractivity contribution in [3.8, 4) is 0 Å². The fourth-order valence-corrected chi connectivity index (χ4v) is 2.17. The van der Waals surface area contributed by atoms with Crippen molar-refractivity contribution in [2.75, 3.05) is 32.8 Å². The van der Waals surface area contributed by atoms with Crippen molar-refractivity contribution in [1.82, 2.24) is 4.90 Å². The third-order valence-electron chi connectivity index (χ3n) is 3.19. The Morgan fingerprint density at radius 1 is 1.20 bits per heavy atom. The summed E-state index contributed by atoms with van der Waals surface area (Å²) in [4.78, 5) is 2.46. The molecule has 2 aliphatic rings. The molecular formula is C12H21NO2. The summed E-state index contributed by atoms with van der Waals surface area (Å²) in [6.45, 7) is 9.08. The van der Waals surface area contributed by atoms with Crippen LogP contribution in [0.5, 0.6) is 0 Å². The Balaban J connectivity index is 1.79. The summed E-state index contributed by atoms with van der Waals surface area (Å²) in [5.41, 5.74) is 1.39. The molecule has 2 saturated heterocycles. The van der Waals surface area contributed by atoms with E-state index in [9.17, 15) is 0 Å². The van der Waals surface area contributed by atoms with Crippen molar-refractivity contribution >= 4 is 0 Å². The van der Waals surface area contributed by atoms with Crippen LogP contribution in [0.1, 0.15) is 26.7 Å². The summed E-state index contributed by atoms with van der Waals surface area (Å²) in [6.07, 6.45) is 4.32. The number of hydrogen-bond donors (Lipinski definition) is 0. The fourth-order valence-electron chi connectivity index (χ4n) is 2.17. The lowest BCUT2D eigenvalue weighted by Crippen LogP contribution is -2.45. The largest absolute Gasteiger partial charge is 0.347 e. The van der Waals surface area contributed by atoms with Crippen molar-refractivity contribution in [2.45, 2.75) is 32.5 Å². The smallest absolute Gasteiger partial charge is 0.170 e. The van der Waals surface area contributed by atoms with Gasteiger partial charge in [0, 0.05) is 32.5 Å². The van der Waals surface area contributed by atoms with E-state index in [1.165, 1.54) is 5.57 Å². The van der Waals surface area contributed by atoms with Crippen molar-refractivity contribution in [3.63, 3.8) is 0 Å². The quantitative estimate of drug-likeness (QED) is 0.650.